The van der Waals surface area contributed by atoms with Crippen molar-refractivity contribution in [3.63, 3.8) is 0 Å². The maximum atomic E-state index is 12.2. The van der Waals surface area contributed by atoms with Crippen molar-refractivity contribution in [2.24, 2.45) is 0 Å². The zero-order chi connectivity index (χ0) is 18.6. The second kappa shape index (κ2) is 7.29. The maximum Gasteiger partial charge on any atom is 0.341 e. The van der Waals surface area contributed by atoms with Gasteiger partial charge in [0, 0.05) is 18.0 Å². The maximum absolute atomic E-state index is 12.2. The molecule has 0 aliphatic heterocycles. The number of ether oxygens (including phenoxy) is 2. The molecule has 0 aliphatic rings. The predicted octanol–water partition coefficient (Wildman–Crippen LogP) is 3.76. The number of pyridine rings is 2. The van der Waals surface area contributed by atoms with Crippen LogP contribution in [0, 0.1) is 0 Å². The smallest absolute Gasteiger partial charge is 0.341 e. The van der Waals surface area contributed by atoms with E-state index in [0.29, 0.717) is 23.4 Å². The van der Waals surface area contributed by atoms with Crippen LogP contribution >= 0.6 is 0 Å². The number of fused-ring (bicyclic) bond motifs is 1. The minimum absolute atomic E-state index is 0.358. The number of carbonyl (C=O) groups excluding carboxylic acids is 1. The van der Waals surface area contributed by atoms with E-state index >= 15 is 0 Å². The molecule has 0 saturated carbocycles. The average molecular weight is 359 g/mol. The van der Waals surface area contributed by atoms with Crippen LogP contribution in [0.1, 0.15) is 15.9 Å². The Labute approximate surface area is 156 Å². The lowest BCUT2D eigenvalue weighted by Crippen LogP contribution is -2.04. The number of benzene rings is 1. The normalized spacial score (nSPS) is 10.7. The van der Waals surface area contributed by atoms with Crippen molar-refractivity contribution < 1.29 is 14.3 Å². The SMILES string of the molecule is COC(=O)c1cnn2c(-c3ccncc3)ccc(OCc3ccccc3)c12. The van der Waals surface area contributed by atoms with Gasteiger partial charge in [0.25, 0.3) is 0 Å². The first-order valence-electron chi connectivity index (χ1n) is 8.44. The van der Waals surface area contributed by atoms with Gasteiger partial charge in [-0.15, -0.1) is 0 Å². The zero-order valence-electron chi connectivity index (χ0n) is 14.7. The third-order valence-electron chi connectivity index (χ3n) is 4.24. The van der Waals surface area contributed by atoms with Gasteiger partial charge in [0.1, 0.15) is 23.4 Å². The molecule has 4 rings (SSSR count). The van der Waals surface area contributed by atoms with Crippen molar-refractivity contribution >= 4 is 11.5 Å². The van der Waals surface area contributed by atoms with Crippen molar-refractivity contribution in [3.8, 4) is 17.0 Å². The summed E-state index contributed by atoms with van der Waals surface area (Å²) in [6, 6.07) is 17.4. The lowest BCUT2D eigenvalue weighted by Gasteiger charge is -2.12. The Morgan fingerprint density at radius 1 is 1.04 bits per heavy atom. The molecule has 134 valence electrons. The molecule has 27 heavy (non-hydrogen) atoms. The van der Waals surface area contributed by atoms with E-state index in [1.54, 1.807) is 16.9 Å². The van der Waals surface area contributed by atoms with E-state index in [0.717, 1.165) is 16.8 Å². The van der Waals surface area contributed by atoms with Gasteiger partial charge in [0.15, 0.2) is 0 Å². The van der Waals surface area contributed by atoms with E-state index in [1.165, 1.54) is 13.3 Å². The fourth-order valence-electron chi connectivity index (χ4n) is 2.92. The zero-order valence-corrected chi connectivity index (χ0v) is 14.7. The molecule has 3 heterocycles. The number of hydrogen-bond acceptors (Lipinski definition) is 5. The summed E-state index contributed by atoms with van der Waals surface area (Å²) in [4.78, 5) is 16.3. The molecule has 0 radical (unpaired) electrons. The van der Waals surface area contributed by atoms with Crippen molar-refractivity contribution in [1.29, 1.82) is 0 Å². The minimum atomic E-state index is -0.457. The number of esters is 1. The first kappa shape index (κ1) is 16.8. The molecule has 0 atom stereocenters. The third kappa shape index (κ3) is 3.25. The molecular weight excluding hydrogens is 342 g/mol. The molecule has 0 saturated heterocycles. The van der Waals surface area contributed by atoms with Crippen molar-refractivity contribution in [2.45, 2.75) is 6.61 Å². The van der Waals surface area contributed by atoms with E-state index in [9.17, 15) is 4.79 Å². The van der Waals surface area contributed by atoms with Gasteiger partial charge in [-0.1, -0.05) is 30.3 Å². The second-order valence-corrected chi connectivity index (χ2v) is 5.90. The van der Waals surface area contributed by atoms with Crippen LogP contribution in [0.5, 0.6) is 5.75 Å². The summed E-state index contributed by atoms with van der Waals surface area (Å²) in [5.41, 5.74) is 3.73. The van der Waals surface area contributed by atoms with Crippen LogP contribution in [0.2, 0.25) is 0 Å². The Kier molecular flexibility index (Phi) is 4.53. The molecule has 0 spiro atoms. The molecule has 0 N–H and O–H groups in total. The van der Waals surface area contributed by atoms with Gasteiger partial charge in [-0.3, -0.25) is 4.98 Å². The fourth-order valence-corrected chi connectivity index (χ4v) is 2.92. The van der Waals surface area contributed by atoms with Crippen LogP contribution in [-0.2, 0) is 11.3 Å². The molecule has 4 aromatic rings. The number of methoxy groups -OCH3 is 1. The summed E-state index contributed by atoms with van der Waals surface area (Å²) in [6.45, 7) is 0.386. The number of nitrogens with zero attached hydrogens (tertiary/aromatic N) is 3. The highest BCUT2D eigenvalue weighted by atomic mass is 16.5. The van der Waals surface area contributed by atoms with E-state index in [1.807, 2.05) is 54.6 Å². The van der Waals surface area contributed by atoms with Gasteiger partial charge in [-0.25, -0.2) is 9.31 Å². The quantitative estimate of drug-likeness (QED) is 0.508. The van der Waals surface area contributed by atoms with Crippen LogP contribution in [0.15, 0.2) is 73.2 Å². The average Bonchev–Trinajstić information content (AvgIpc) is 3.18. The van der Waals surface area contributed by atoms with Crippen LogP contribution in [0.25, 0.3) is 16.8 Å². The molecule has 0 unspecified atom stereocenters. The summed E-state index contributed by atoms with van der Waals surface area (Å²) in [5.74, 6) is 0.107. The van der Waals surface area contributed by atoms with E-state index < -0.39 is 5.97 Å². The van der Waals surface area contributed by atoms with Crippen LogP contribution in [0.3, 0.4) is 0 Å². The topological polar surface area (TPSA) is 65.7 Å². The summed E-state index contributed by atoms with van der Waals surface area (Å²) >= 11 is 0. The molecule has 0 fully saturated rings. The first-order chi connectivity index (χ1) is 13.3. The van der Waals surface area contributed by atoms with E-state index in [4.69, 9.17) is 9.47 Å². The van der Waals surface area contributed by atoms with Gasteiger partial charge in [0.05, 0.1) is 19.0 Å². The lowest BCUT2D eigenvalue weighted by molar-refractivity contribution is 0.0602. The summed E-state index contributed by atoms with van der Waals surface area (Å²) in [5, 5.41) is 4.40. The standard InChI is InChI=1S/C21H17N3O3/c1-26-21(25)17-13-23-24-18(16-9-11-22-12-10-16)7-8-19(20(17)24)27-14-15-5-3-2-4-6-15/h2-13H,14H2,1H3. The van der Waals surface area contributed by atoms with Gasteiger partial charge < -0.3 is 9.47 Å². The Bertz CT molecular complexity index is 1080. The van der Waals surface area contributed by atoms with Crippen molar-refractivity contribution in [3.05, 3.63) is 84.3 Å². The summed E-state index contributed by atoms with van der Waals surface area (Å²) in [7, 11) is 1.35. The number of carbonyl (C=O) groups is 1. The number of aromatic nitrogens is 3. The second-order valence-electron chi connectivity index (χ2n) is 5.90. The third-order valence-corrected chi connectivity index (χ3v) is 4.24. The first-order valence-corrected chi connectivity index (χ1v) is 8.44. The van der Waals surface area contributed by atoms with Gasteiger partial charge >= 0.3 is 5.97 Å². The fraction of sp³-hybridized carbons (Fsp3) is 0.0952. The summed E-state index contributed by atoms with van der Waals surface area (Å²) in [6.07, 6.45) is 4.93. The van der Waals surface area contributed by atoms with E-state index in [2.05, 4.69) is 10.1 Å². The molecule has 3 aromatic heterocycles. The van der Waals surface area contributed by atoms with Gasteiger partial charge in [-0.05, 0) is 29.8 Å². The van der Waals surface area contributed by atoms with Crippen molar-refractivity contribution in [1.82, 2.24) is 14.6 Å². The highest BCUT2D eigenvalue weighted by molar-refractivity contribution is 5.99. The Morgan fingerprint density at radius 3 is 2.56 bits per heavy atom. The number of rotatable bonds is 5. The molecule has 6 nitrogen and oxygen atoms in total. The summed E-state index contributed by atoms with van der Waals surface area (Å²) < 4.78 is 12.6. The predicted molar refractivity (Wildman–Crippen MR) is 101 cm³/mol. The Hall–Kier alpha value is -3.67. The Balaban J connectivity index is 1.81. The van der Waals surface area contributed by atoms with E-state index in [-0.39, 0.29) is 0 Å². The highest BCUT2D eigenvalue weighted by Gasteiger charge is 2.20. The monoisotopic (exact) mass is 359 g/mol. The Morgan fingerprint density at radius 2 is 1.81 bits per heavy atom. The molecular formula is C21H17N3O3. The molecule has 0 aliphatic carbocycles. The highest BCUT2D eigenvalue weighted by Crippen LogP contribution is 2.30. The molecule has 6 heteroatoms. The van der Waals surface area contributed by atoms with Crippen molar-refractivity contribution in [2.75, 3.05) is 7.11 Å². The number of hydrogen-bond donors (Lipinski definition) is 0. The largest absolute Gasteiger partial charge is 0.487 e. The van der Waals surface area contributed by atoms with Crippen LogP contribution in [0.4, 0.5) is 0 Å². The molecule has 0 amide bonds. The lowest BCUT2D eigenvalue weighted by atomic mass is 10.1. The molecule has 0 bridgehead atoms. The van der Waals surface area contributed by atoms with Gasteiger partial charge in [0.2, 0.25) is 0 Å². The van der Waals surface area contributed by atoms with Crippen LogP contribution in [-0.4, -0.2) is 27.7 Å². The molecule has 1 aromatic carbocycles. The van der Waals surface area contributed by atoms with Crippen LogP contribution < -0.4 is 4.74 Å². The van der Waals surface area contributed by atoms with Gasteiger partial charge in [-0.2, -0.15) is 5.10 Å². The minimum Gasteiger partial charge on any atom is -0.487 e.